The standard InChI is InChI=1S/C22H25N3O2S/c1-5-24(12-15(2)3)19(26)10-11-25-14-23-21-20(22(25)27)18(13-28-21)17-8-6-16(4)7-9-17/h6-9,13-14H,2,5,10-12H2,1,3-4H3. The number of thiophene rings is 1. The Morgan fingerprint density at radius 3 is 2.64 bits per heavy atom. The van der Waals surface area contributed by atoms with E-state index in [1.54, 1.807) is 15.8 Å². The van der Waals surface area contributed by atoms with Gasteiger partial charge in [-0.05, 0) is 26.3 Å². The molecule has 28 heavy (non-hydrogen) atoms. The minimum absolute atomic E-state index is 0.0153. The minimum Gasteiger partial charge on any atom is -0.339 e. The van der Waals surface area contributed by atoms with E-state index in [2.05, 4.69) is 11.6 Å². The maximum Gasteiger partial charge on any atom is 0.262 e. The number of aromatic nitrogens is 2. The molecule has 0 saturated heterocycles. The average Bonchev–Trinajstić information content (AvgIpc) is 3.10. The average molecular weight is 396 g/mol. The molecule has 1 amide bonds. The molecule has 3 aromatic rings. The number of fused-ring (bicyclic) bond motifs is 1. The van der Waals surface area contributed by atoms with Gasteiger partial charge in [-0.15, -0.1) is 11.3 Å². The Hall–Kier alpha value is -2.73. The summed E-state index contributed by atoms with van der Waals surface area (Å²) in [6.45, 7) is 11.2. The number of nitrogens with zero attached hydrogens (tertiary/aromatic N) is 3. The Bertz CT molecular complexity index is 1060. The SMILES string of the molecule is C=C(C)CN(CC)C(=O)CCn1cnc2scc(-c3ccc(C)cc3)c2c1=O. The highest BCUT2D eigenvalue weighted by molar-refractivity contribution is 7.17. The molecular formula is C22H25N3O2S. The lowest BCUT2D eigenvalue weighted by Crippen LogP contribution is -2.33. The highest BCUT2D eigenvalue weighted by atomic mass is 32.1. The van der Waals surface area contributed by atoms with Crippen molar-refractivity contribution in [1.82, 2.24) is 14.5 Å². The van der Waals surface area contributed by atoms with Gasteiger partial charge in [-0.25, -0.2) is 4.98 Å². The monoisotopic (exact) mass is 395 g/mol. The predicted molar refractivity (Wildman–Crippen MR) is 116 cm³/mol. The van der Waals surface area contributed by atoms with E-state index in [1.807, 2.05) is 50.4 Å². The number of hydrogen-bond acceptors (Lipinski definition) is 4. The number of benzene rings is 1. The largest absolute Gasteiger partial charge is 0.339 e. The second-order valence-corrected chi connectivity index (χ2v) is 7.91. The first-order valence-electron chi connectivity index (χ1n) is 9.36. The summed E-state index contributed by atoms with van der Waals surface area (Å²) >= 11 is 1.47. The minimum atomic E-state index is -0.0995. The van der Waals surface area contributed by atoms with Crippen LogP contribution in [0.25, 0.3) is 21.3 Å². The van der Waals surface area contributed by atoms with Crippen molar-refractivity contribution in [2.45, 2.75) is 33.7 Å². The third-order valence-electron chi connectivity index (χ3n) is 4.69. The molecule has 146 valence electrons. The summed E-state index contributed by atoms with van der Waals surface area (Å²) < 4.78 is 1.54. The van der Waals surface area contributed by atoms with Crippen LogP contribution in [-0.4, -0.2) is 33.4 Å². The lowest BCUT2D eigenvalue weighted by Gasteiger charge is -2.21. The highest BCUT2D eigenvalue weighted by Gasteiger charge is 2.15. The zero-order valence-electron chi connectivity index (χ0n) is 16.6. The van der Waals surface area contributed by atoms with E-state index in [4.69, 9.17) is 0 Å². The fourth-order valence-corrected chi connectivity index (χ4v) is 4.06. The fraction of sp³-hybridized carbons (Fsp3) is 0.318. The van der Waals surface area contributed by atoms with E-state index in [9.17, 15) is 9.59 Å². The molecule has 5 nitrogen and oxygen atoms in total. The molecule has 0 N–H and O–H groups in total. The van der Waals surface area contributed by atoms with Crippen LogP contribution in [0.5, 0.6) is 0 Å². The summed E-state index contributed by atoms with van der Waals surface area (Å²) in [6, 6.07) is 8.11. The zero-order valence-corrected chi connectivity index (χ0v) is 17.4. The van der Waals surface area contributed by atoms with Crippen molar-refractivity contribution in [2.75, 3.05) is 13.1 Å². The summed E-state index contributed by atoms with van der Waals surface area (Å²) in [5, 5.41) is 2.60. The van der Waals surface area contributed by atoms with Crippen molar-refractivity contribution in [2.24, 2.45) is 0 Å². The van der Waals surface area contributed by atoms with Crippen LogP contribution in [0.15, 0.2) is 52.9 Å². The van der Waals surface area contributed by atoms with Crippen molar-refractivity contribution in [1.29, 1.82) is 0 Å². The molecule has 0 fully saturated rings. The second kappa shape index (κ2) is 8.52. The molecule has 3 rings (SSSR count). The van der Waals surface area contributed by atoms with E-state index in [0.717, 1.165) is 21.5 Å². The molecule has 0 saturated carbocycles. The third kappa shape index (κ3) is 4.22. The van der Waals surface area contributed by atoms with Crippen molar-refractivity contribution in [3.63, 3.8) is 0 Å². The van der Waals surface area contributed by atoms with Gasteiger partial charge in [0.2, 0.25) is 5.91 Å². The van der Waals surface area contributed by atoms with Crippen molar-refractivity contribution in [3.8, 4) is 11.1 Å². The van der Waals surface area contributed by atoms with Gasteiger partial charge in [-0.1, -0.05) is 42.0 Å². The maximum atomic E-state index is 13.1. The van der Waals surface area contributed by atoms with Crippen LogP contribution in [0.3, 0.4) is 0 Å². The summed E-state index contributed by atoms with van der Waals surface area (Å²) in [4.78, 5) is 32.5. The number of amides is 1. The topological polar surface area (TPSA) is 55.2 Å². The molecule has 0 aliphatic carbocycles. The van der Waals surface area contributed by atoms with E-state index in [0.29, 0.717) is 25.0 Å². The quantitative estimate of drug-likeness (QED) is 0.562. The maximum absolute atomic E-state index is 13.1. The normalized spacial score (nSPS) is 11.0. The highest BCUT2D eigenvalue weighted by Crippen LogP contribution is 2.30. The van der Waals surface area contributed by atoms with Crippen molar-refractivity contribution < 1.29 is 4.79 Å². The molecule has 1 aromatic carbocycles. The first-order valence-corrected chi connectivity index (χ1v) is 10.2. The predicted octanol–water partition coefficient (Wildman–Crippen LogP) is 4.25. The molecule has 0 bridgehead atoms. The van der Waals surface area contributed by atoms with E-state index >= 15 is 0 Å². The van der Waals surface area contributed by atoms with Crippen LogP contribution in [0.2, 0.25) is 0 Å². The van der Waals surface area contributed by atoms with Crippen LogP contribution in [0.1, 0.15) is 25.8 Å². The summed E-state index contributed by atoms with van der Waals surface area (Å²) in [6.07, 6.45) is 1.81. The molecule has 0 unspecified atom stereocenters. The molecule has 2 heterocycles. The lowest BCUT2D eigenvalue weighted by atomic mass is 10.1. The fourth-order valence-electron chi connectivity index (χ4n) is 3.15. The Balaban J connectivity index is 1.87. The van der Waals surface area contributed by atoms with Gasteiger partial charge >= 0.3 is 0 Å². The van der Waals surface area contributed by atoms with Gasteiger partial charge in [0, 0.05) is 37.0 Å². The number of hydrogen-bond donors (Lipinski definition) is 0. The first-order chi connectivity index (χ1) is 13.4. The van der Waals surface area contributed by atoms with Gasteiger partial charge in [-0.2, -0.15) is 0 Å². The van der Waals surface area contributed by atoms with E-state index in [1.165, 1.54) is 16.9 Å². The van der Waals surface area contributed by atoms with Crippen LogP contribution in [-0.2, 0) is 11.3 Å². The smallest absolute Gasteiger partial charge is 0.262 e. The summed E-state index contributed by atoms with van der Waals surface area (Å²) in [7, 11) is 0. The molecule has 0 aliphatic rings. The van der Waals surface area contributed by atoms with Crippen LogP contribution in [0.4, 0.5) is 0 Å². The Morgan fingerprint density at radius 2 is 2.00 bits per heavy atom. The first kappa shape index (κ1) is 20.0. The molecule has 0 aliphatic heterocycles. The Kier molecular flexibility index (Phi) is 6.09. The van der Waals surface area contributed by atoms with Gasteiger partial charge in [0.25, 0.3) is 5.56 Å². The Morgan fingerprint density at radius 1 is 1.29 bits per heavy atom. The number of carbonyl (C=O) groups excluding carboxylic acids is 1. The Labute approximate surface area is 169 Å². The third-order valence-corrected chi connectivity index (χ3v) is 5.57. The van der Waals surface area contributed by atoms with Crippen LogP contribution >= 0.6 is 11.3 Å². The number of rotatable bonds is 7. The molecular weight excluding hydrogens is 370 g/mol. The van der Waals surface area contributed by atoms with Gasteiger partial charge in [0.05, 0.1) is 11.7 Å². The van der Waals surface area contributed by atoms with Crippen molar-refractivity contribution in [3.05, 3.63) is 64.0 Å². The molecule has 0 radical (unpaired) electrons. The van der Waals surface area contributed by atoms with Gasteiger partial charge in [0.1, 0.15) is 4.83 Å². The van der Waals surface area contributed by atoms with Gasteiger partial charge in [-0.3, -0.25) is 14.2 Å². The molecule has 0 atom stereocenters. The number of aryl methyl sites for hydroxylation is 2. The lowest BCUT2D eigenvalue weighted by molar-refractivity contribution is -0.130. The van der Waals surface area contributed by atoms with E-state index in [-0.39, 0.29) is 17.9 Å². The van der Waals surface area contributed by atoms with Gasteiger partial charge < -0.3 is 4.90 Å². The van der Waals surface area contributed by atoms with E-state index < -0.39 is 0 Å². The van der Waals surface area contributed by atoms with Crippen LogP contribution < -0.4 is 5.56 Å². The van der Waals surface area contributed by atoms with Gasteiger partial charge in [0.15, 0.2) is 0 Å². The summed E-state index contributed by atoms with van der Waals surface area (Å²) in [5.41, 5.74) is 3.92. The zero-order chi connectivity index (χ0) is 20.3. The number of likely N-dealkylation sites (N-methyl/N-ethyl adjacent to an activating group) is 1. The van der Waals surface area contributed by atoms with Crippen LogP contribution in [0, 0.1) is 6.92 Å². The summed E-state index contributed by atoms with van der Waals surface area (Å²) in [5.74, 6) is 0.0153. The number of carbonyl (C=O) groups is 1. The molecule has 0 spiro atoms. The van der Waals surface area contributed by atoms with Crippen molar-refractivity contribution >= 4 is 27.5 Å². The molecule has 2 aromatic heterocycles. The molecule has 6 heteroatoms. The second-order valence-electron chi connectivity index (χ2n) is 7.05.